The highest BCUT2D eigenvalue weighted by Crippen LogP contribution is 2.31. The molecule has 74 valence electrons. The summed E-state index contributed by atoms with van der Waals surface area (Å²) in [5.74, 6) is 0. The van der Waals surface area contributed by atoms with Crippen molar-refractivity contribution >= 4 is 0 Å². The van der Waals surface area contributed by atoms with Gasteiger partial charge in [-0.1, -0.05) is 0 Å². The molecule has 3 saturated heterocycles. The molecule has 3 aliphatic heterocycles. The van der Waals surface area contributed by atoms with Gasteiger partial charge in [0.25, 0.3) is 0 Å². The molecule has 0 amide bonds. The van der Waals surface area contributed by atoms with Gasteiger partial charge in [0.2, 0.25) is 0 Å². The van der Waals surface area contributed by atoms with Crippen LogP contribution in [-0.2, 0) is 4.74 Å². The van der Waals surface area contributed by atoms with E-state index in [0.717, 1.165) is 6.61 Å². The summed E-state index contributed by atoms with van der Waals surface area (Å²) in [6, 6.07) is 0.703. The molecule has 0 bridgehead atoms. The Kier molecular flexibility index (Phi) is 2.04. The van der Waals surface area contributed by atoms with E-state index in [1.54, 1.807) is 0 Å². The van der Waals surface area contributed by atoms with Crippen LogP contribution in [0.1, 0.15) is 32.1 Å². The third kappa shape index (κ3) is 1.30. The minimum atomic E-state index is 0.420. The third-order valence-electron chi connectivity index (χ3n) is 3.58. The number of ether oxygens (including phenoxy) is 1. The van der Waals surface area contributed by atoms with E-state index in [-0.39, 0.29) is 0 Å². The monoisotopic (exact) mass is 182 g/mol. The molecule has 0 aliphatic carbocycles. The Morgan fingerprint density at radius 2 is 1.85 bits per heavy atom. The van der Waals surface area contributed by atoms with Crippen LogP contribution in [0.3, 0.4) is 0 Å². The Balaban J connectivity index is 1.77. The number of hydrazine groups is 1. The predicted octanol–water partition coefficient (Wildman–Crippen LogP) is 1.21. The first-order valence-electron chi connectivity index (χ1n) is 5.60. The van der Waals surface area contributed by atoms with Crippen molar-refractivity contribution in [1.82, 2.24) is 10.0 Å². The maximum absolute atomic E-state index is 5.88. The molecule has 0 unspecified atom stereocenters. The van der Waals surface area contributed by atoms with Gasteiger partial charge in [-0.05, 0) is 32.1 Å². The molecule has 0 aromatic carbocycles. The molecule has 3 heterocycles. The van der Waals surface area contributed by atoms with Gasteiger partial charge in [0.05, 0.1) is 6.61 Å². The topological polar surface area (TPSA) is 15.7 Å². The first kappa shape index (κ1) is 8.21. The molecule has 13 heavy (non-hydrogen) atoms. The molecule has 0 aromatic rings. The lowest BCUT2D eigenvalue weighted by Crippen LogP contribution is -2.59. The molecular formula is C10H18N2O. The maximum atomic E-state index is 5.88. The molecule has 0 radical (unpaired) electrons. The van der Waals surface area contributed by atoms with Crippen LogP contribution in [0.25, 0.3) is 0 Å². The largest absolute Gasteiger partial charge is 0.360 e. The van der Waals surface area contributed by atoms with E-state index in [4.69, 9.17) is 4.74 Å². The van der Waals surface area contributed by atoms with E-state index in [2.05, 4.69) is 10.0 Å². The number of hydrogen-bond donors (Lipinski definition) is 0. The van der Waals surface area contributed by atoms with Gasteiger partial charge in [0, 0.05) is 19.1 Å². The first-order chi connectivity index (χ1) is 6.45. The Hall–Kier alpha value is -0.120. The van der Waals surface area contributed by atoms with Crippen molar-refractivity contribution in [3.05, 3.63) is 0 Å². The van der Waals surface area contributed by atoms with Gasteiger partial charge in [-0.2, -0.15) is 0 Å². The van der Waals surface area contributed by atoms with Crippen molar-refractivity contribution in [2.24, 2.45) is 0 Å². The fourth-order valence-corrected chi connectivity index (χ4v) is 2.90. The van der Waals surface area contributed by atoms with Gasteiger partial charge in [-0.25, -0.2) is 10.0 Å². The highest BCUT2D eigenvalue weighted by molar-refractivity contribution is 4.84. The van der Waals surface area contributed by atoms with Crippen LogP contribution >= 0.6 is 0 Å². The lowest BCUT2D eigenvalue weighted by Gasteiger charge is -2.47. The van der Waals surface area contributed by atoms with Gasteiger partial charge >= 0.3 is 0 Å². The van der Waals surface area contributed by atoms with E-state index < -0.39 is 0 Å². The van der Waals surface area contributed by atoms with Crippen molar-refractivity contribution in [3.63, 3.8) is 0 Å². The minimum absolute atomic E-state index is 0.420. The summed E-state index contributed by atoms with van der Waals surface area (Å²) in [5, 5.41) is 5.07. The number of piperidine rings is 1. The van der Waals surface area contributed by atoms with Crippen molar-refractivity contribution in [3.8, 4) is 0 Å². The molecule has 3 heteroatoms. The highest BCUT2D eigenvalue weighted by atomic mass is 16.5. The molecule has 0 spiro atoms. The second kappa shape index (κ2) is 3.23. The quantitative estimate of drug-likeness (QED) is 0.560. The predicted molar refractivity (Wildman–Crippen MR) is 50.0 cm³/mol. The molecule has 0 aromatic heterocycles. The van der Waals surface area contributed by atoms with Gasteiger partial charge < -0.3 is 4.74 Å². The summed E-state index contributed by atoms with van der Waals surface area (Å²) in [6.45, 7) is 3.47. The summed E-state index contributed by atoms with van der Waals surface area (Å²) < 4.78 is 5.88. The number of nitrogens with zero attached hydrogens (tertiary/aromatic N) is 2. The van der Waals surface area contributed by atoms with Crippen molar-refractivity contribution in [2.75, 3.05) is 19.7 Å². The fourth-order valence-electron chi connectivity index (χ4n) is 2.90. The van der Waals surface area contributed by atoms with E-state index in [1.807, 2.05) is 0 Å². The van der Waals surface area contributed by atoms with Crippen LogP contribution in [0.4, 0.5) is 0 Å². The van der Waals surface area contributed by atoms with Crippen LogP contribution in [-0.4, -0.2) is 42.0 Å². The molecule has 0 N–H and O–H groups in total. The van der Waals surface area contributed by atoms with Gasteiger partial charge in [-0.15, -0.1) is 0 Å². The summed E-state index contributed by atoms with van der Waals surface area (Å²) in [5.41, 5.74) is 0. The Morgan fingerprint density at radius 1 is 0.923 bits per heavy atom. The van der Waals surface area contributed by atoms with Crippen molar-refractivity contribution in [2.45, 2.75) is 44.4 Å². The van der Waals surface area contributed by atoms with E-state index in [9.17, 15) is 0 Å². The Bertz CT molecular complexity index is 197. The standard InChI is InChI=1S/C10H18N2O/c1-2-6-12-10(5-1)13-8-9-4-3-7-11(9)12/h9-10H,1-8H2/t9-,10+/m0/s1. The minimum Gasteiger partial charge on any atom is -0.360 e. The van der Waals surface area contributed by atoms with Gasteiger partial charge in [0.1, 0.15) is 6.23 Å². The fraction of sp³-hybridized carbons (Fsp3) is 1.00. The molecule has 0 saturated carbocycles. The molecule has 2 atom stereocenters. The Morgan fingerprint density at radius 3 is 2.85 bits per heavy atom. The van der Waals surface area contributed by atoms with E-state index in [1.165, 1.54) is 45.2 Å². The zero-order valence-electron chi connectivity index (χ0n) is 8.11. The molecular weight excluding hydrogens is 164 g/mol. The number of rotatable bonds is 0. The summed E-state index contributed by atoms with van der Waals surface area (Å²) in [6.07, 6.45) is 7.05. The van der Waals surface area contributed by atoms with Crippen LogP contribution in [0.15, 0.2) is 0 Å². The zero-order chi connectivity index (χ0) is 8.67. The average Bonchev–Trinajstić information content (AvgIpc) is 2.65. The van der Waals surface area contributed by atoms with Crippen molar-refractivity contribution in [1.29, 1.82) is 0 Å². The lowest BCUT2D eigenvalue weighted by molar-refractivity contribution is -0.239. The zero-order valence-corrected chi connectivity index (χ0v) is 8.11. The van der Waals surface area contributed by atoms with Crippen LogP contribution in [0.5, 0.6) is 0 Å². The first-order valence-corrected chi connectivity index (χ1v) is 5.60. The normalized spacial score (nSPS) is 41.5. The summed E-state index contributed by atoms with van der Waals surface area (Å²) in [7, 11) is 0. The maximum Gasteiger partial charge on any atom is 0.123 e. The van der Waals surface area contributed by atoms with Gasteiger partial charge in [0.15, 0.2) is 0 Å². The summed E-state index contributed by atoms with van der Waals surface area (Å²) >= 11 is 0. The summed E-state index contributed by atoms with van der Waals surface area (Å²) in [4.78, 5) is 0. The second-order valence-electron chi connectivity index (χ2n) is 4.41. The SMILES string of the molecule is C1CCN2[C@@H](C1)OC[C@@H]1CCCN12. The number of hydrogen-bond acceptors (Lipinski definition) is 3. The molecule has 3 aliphatic rings. The van der Waals surface area contributed by atoms with E-state index >= 15 is 0 Å². The van der Waals surface area contributed by atoms with Crippen LogP contribution in [0, 0.1) is 0 Å². The van der Waals surface area contributed by atoms with E-state index in [0.29, 0.717) is 12.3 Å². The molecule has 3 fully saturated rings. The van der Waals surface area contributed by atoms with Gasteiger partial charge in [-0.3, -0.25) is 0 Å². The highest BCUT2D eigenvalue weighted by Gasteiger charge is 2.39. The number of fused-ring (bicyclic) bond motifs is 3. The van der Waals surface area contributed by atoms with Crippen LogP contribution in [0.2, 0.25) is 0 Å². The molecule has 3 rings (SSSR count). The van der Waals surface area contributed by atoms with Crippen LogP contribution < -0.4 is 0 Å². The average molecular weight is 182 g/mol. The lowest BCUT2D eigenvalue weighted by atomic mass is 10.1. The second-order valence-corrected chi connectivity index (χ2v) is 4.41. The smallest absolute Gasteiger partial charge is 0.123 e. The third-order valence-corrected chi connectivity index (χ3v) is 3.58. The molecule has 3 nitrogen and oxygen atoms in total. The Labute approximate surface area is 79.6 Å². The van der Waals surface area contributed by atoms with Crippen molar-refractivity contribution < 1.29 is 4.74 Å².